The van der Waals surface area contributed by atoms with Crippen LogP contribution in [0.2, 0.25) is 0 Å². The number of para-hydroxylation sites is 1. The maximum absolute atomic E-state index is 12.1. The van der Waals surface area contributed by atoms with Gasteiger partial charge in [-0.1, -0.05) is 12.1 Å². The zero-order chi connectivity index (χ0) is 11.8. The van der Waals surface area contributed by atoms with Crippen LogP contribution in [0.5, 0.6) is 5.75 Å². The average molecular weight is 226 g/mol. The Bertz CT molecular complexity index is 723. The maximum atomic E-state index is 12.1. The number of H-pyrrole nitrogens is 1. The van der Waals surface area contributed by atoms with Crippen LogP contribution in [0.3, 0.4) is 0 Å². The number of aromatic hydroxyl groups is 1. The van der Waals surface area contributed by atoms with Gasteiger partial charge in [0.1, 0.15) is 5.75 Å². The Morgan fingerprint density at radius 2 is 1.71 bits per heavy atom. The third kappa shape index (κ3) is 1.50. The lowest BCUT2D eigenvalue weighted by molar-refractivity contribution is 0.475. The summed E-state index contributed by atoms with van der Waals surface area (Å²) in [6.07, 6.45) is 0. The van der Waals surface area contributed by atoms with E-state index in [1.165, 1.54) is 4.68 Å². The molecule has 0 aliphatic carbocycles. The second-order valence-electron chi connectivity index (χ2n) is 3.81. The number of benzene rings is 2. The molecular weight excluding hydrogens is 216 g/mol. The van der Waals surface area contributed by atoms with E-state index < -0.39 is 0 Å². The smallest absolute Gasteiger partial charge is 0.279 e. The first kappa shape index (κ1) is 9.72. The fraction of sp³-hybridized carbons (Fsp3) is 0. The molecule has 84 valence electrons. The van der Waals surface area contributed by atoms with Crippen molar-refractivity contribution in [3.8, 4) is 11.4 Å². The molecule has 0 amide bonds. The molecule has 0 bridgehead atoms. The summed E-state index contributed by atoms with van der Waals surface area (Å²) in [6.45, 7) is 0. The Kier molecular flexibility index (Phi) is 2.01. The van der Waals surface area contributed by atoms with Crippen molar-refractivity contribution in [3.63, 3.8) is 0 Å². The molecule has 4 heteroatoms. The van der Waals surface area contributed by atoms with Crippen molar-refractivity contribution in [1.82, 2.24) is 9.78 Å². The van der Waals surface area contributed by atoms with Gasteiger partial charge in [-0.05, 0) is 36.4 Å². The Morgan fingerprint density at radius 1 is 1.00 bits per heavy atom. The van der Waals surface area contributed by atoms with Gasteiger partial charge in [0.25, 0.3) is 5.56 Å². The number of nitrogens with one attached hydrogen (secondary N) is 1. The number of nitrogens with zero attached hydrogens (tertiary/aromatic N) is 1. The standard InChI is InChI=1S/C13H10N2O2/c16-10-7-5-9(6-8-10)15-13(17)11-3-1-2-4-12(11)14-15/h1-8,14,16H. The SMILES string of the molecule is O=c1c2ccccc2[nH]n1-c1ccc(O)cc1. The van der Waals surface area contributed by atoms with Crippen LogP contribution in [-0.4, -0.2) is 14.9 Å². The number of rotatable bonds is 1. The molecule has 0 saturated heterocycles. The van der Waals surface area contributed by atoms with Gasteiger partial charge in [0, 0.05) is 0 Å². The quantitative estimate of drug-likeness (QED) is 0.667. The molecule has 0 aliphatic heterocycles. The van der Waals surface area contributed by atoms with E-state index in [1.54, 1.807) is 30.3 Å². The Labute approximate surface area is 96.7 Å². The van der Waals surface area contributed by atoms with E-state index in [2.05, 4.69) is 5.10 Å². The van der Waals surface area contributed by atoms with Crippen LogP contribution in [0.15, 0.2) is 53.3 Å². The fourth-order valence-electron chi connectivity index (χ4n) is 1.84. The third-order valence-electron chi connectivity index (χ3n) is 2.70. The molecule has 4 nitrogen and oxygen atoms in total. The summed E-state index contributed by atoms with van der Waals surface area (Å²) in [5.41, 5.74) is 1.40. The lowest BCUT2D eigenvalue weighted by Crippen LogP contribution is -2.13. The molecule has 0 aliphatic rings. The van der Waals surface area contributed by atoms with Crippen LogP contribution in [0.4, 0.5) is 0 Å². The minimum absolute atomic E-state index is 0.0914. The van der Waals surface area contributed by atoms with E-state index in [0.717, 1.165) is 5.52 Å². The van der Waals surface area contributed by atoms with Crippen LogP contribution < -0.4 is 5.56 Å². The van der Waals surface area contributed by atoms with E-state index in [0.29, 0.717) is 11.1 Å². The first-order chi connectivity index (χ1) is 8.25. The monoisotopic (exact) mass is 226 g/mol. The van der Waals surface area contributed by atoms with Crippen LogP contribution in [0.1, 0.15) is 0 Å². The number of hydrogen-bond donors (Lipinski definition) is 2. The number of aromatic nitrogens is 2. The van der Waals surface area contributed by atoms with Gasteiger partial charge >= 0.3 is 0 Å². The lowest BCUT2D eigenvalue weighted by atomic mass is 10.2. The Balaban J connectivity index is 2.27. The molecule has 0 atom stereocenters. The summed E-state index contributed by atoms with van der Waals surface area (Å²) in [7, 11) is 0. The number of phenols is 1. The molecule has 1 heterocycles. The van der Waals surface area contributed by atoms with Gasteiger partial charge in [0.15, 0.2) is 0 Å². The second-order valence-corrected chi connectivity index (χ2v) is 3.81. The molecule has 0 unspecified atom stereocenters. The second kappa shape index (κ2) is 3.52. The summed E-state index contributed by atoms with van der Waals surface area (Å²) in [6, 6.07) is 13.8. The minimum Gasteiger partial charge on any atom is -0.508 e. The summed E-state index contributed by atoms with van der Waals surface area (Å²) < 4.78 is 1.46. The summed E-state index contributed by atoms with van der Waals surface area (Å²) in [5.74, 6) is 0.179. The first-order valence-electron chi connectivity index (χ1n) is 5.25. The van der Waals surface area contributed by atoms with Crippen LogP contribution >= 0.6 is 0 Å². The molecule has 3 aromatic rings. The molecule has 0 spiro atoms. The van der Waals surface area contributed by atoms with Crippen molar-refractivity contribution in [2.75, 3.05) is 0 Å². The number of fused-ring (bicyclic) bond motifs is 1. The number of hydrogen-bond acceptors (Lipinski definition) is 2. The van der Waals surface area contributed by atoms with Gasteiger partial charge in [0.2, 0.25) is 0 Å². The van der Waals surface area contributed by atoms with Gasteiger partial charge in [0.05, 0.1) is 16.6 Å². The molecule has 2 N–H and O–H groups in total. The van der Waals surface area contributed by atoms with E-state index >= 15 is 0 Å². The van der Waals surface area contributed by atoms with Crippen LogP contribution in [-0.2, 0) is 0 Å². The lowest BCUT2D eigenvalue weighted by Gasteiger charge is -2.00. The van der Waals surface area contributed by atoms with Gasteiger partial charge in [-0.25, -0.2) is 4.68 Å². The molecular formula is C13H10N2O2. The van der Waals surface area contributed by atoms with E-state index in [9.17, 15) is 9.90 Å². The van der Waals surface area contributed by atoms with Gasteiger partial charge in [-0.15, -0.1) is 0 Å². The van der Waals surface area contributed by atoms with Gasteiger partial charge in [-0.3, -0.25) is 9.89 Å². The molecule has 0 fully saturated rings. The molecule has 2 aromatic carbocycles. The van der Waals surface area contributed by atoms with Gasteiger partial charge in [-0.2, -0.15) is 0 Å². The fourth-order valence-corrected chi connectivity index (χ4v) is 1.84. The van der Waals surface area contributed by atoms with E-state index in [-0.39, 0.29) is 11.3 Å². The van der Waals surface area contributed by atoms with Crippen molar-refractivity contribution in [2.24, 2.45) is 0 Å². The average Bonchev–Trinajstić information content (AvgIpc) is 2.69. The van der Waals surface area contributed by atoms with Crippen molar-refractivity contribution in [1.29, 1.82) is 0 Å². The van der Waals surface area contributed by atoms with E-state index in [1.807, 2.05) is 18.2 Å². The molecule has 0 radical (unpaired) electrons. The van der Waals surface area contributed by atoms with Crippen molar-refractivity contribution in [2.45, 2.75) is 0 Å². The topological polar surface area (TPSA) is 58.0 Å². The predicted molar refractivity (Wildman–Crippen MR) is 65.6 cm³/mol. The maximum Gasteiger partial charge on any atom is 0.279 e. The normalized spacial score (nSPS) is 10.8. The highest BCUT2D eigenvalue weighted by atomic mass is 16.3. The zero-order valence-corrected chi connectivity index (χ0v) is 8.92. The van der Waals surface area contributed by atoms with Crippen LogP contribution in [0.25, 0.3) is 16.6 Å². The van der Waals surface area contributed by atoms with Gasteiger partial charge < -0.3 is 5.11 Å². The Morgan fingerprint density at radius 3 is 2.41 bits per heavy atom. The summed E-state index contributed by atoms with van der Waals surface area (Å²) in [4.78, 5) is 12.1. The highest BCUT2D eigenvalue weighted by molar-refractivity contribution is 5.78. The van der Waals surface area contributed by atoms with Crippen molar-refractivity contribution in [3.05, 3.63) is 58.9 Å². The summed E-state index contributed by atoms with van der Waals surface area (Å²) >= 11 is 0. The third-order valence-corrected chi connectivity index (χ3v) is 2.70. The molecule has 3 rings (SSSR count). The zero-order valence-electron chi connectivity index (χ0n) is 8.92. The number of phenolic OH excluding ortho intramolecular Hbond substituents is 1. The first-order valence-corrected chi connectivity index (χ1v) is 5.25. The molecule has 17 heavy (non-hydrogen) atoms. The predicted octanol–water partition coefficient (Wildman–Crippen LogP) is 2.02. The Hall–Kier alpha value is -2.49. The summed E-state index contributed by atoms with van der Waals surface area (Å²) in [5, 5.41) is 12.9. The van der Waals surface area contributed by atoms with Crippen molar-refractivity contribution < 1.29 is 5.11 Å². The largest absolute Gasteiger partial charge is 0.508 e. The van der Waals surface area contributed by atoms with Crippen molar-refractivity contribution >= 4 is 10.9 Å². The minimum atomic E-state index is -0.0914. The van der Waals surface area contributed by atoms with Crippen LogP contribution in [0, 0.1) is 0 Å². The highest BCUT2D eigenvalue weighted by Gasteiger charge is 2.06. The molecule has 0 saturated carbocycles. The number of aromatic amines is 1. The highest BCUT2D eigenvalue weighted by Crippen LogP contribution is 2.14. The molecule has 1 aromatic heterocycles. The van der Waals surface area contributed by atoms with E-state index in [4.69, 9.17) is 0 Å².